The van der Waals surface area contributed by atoms with E-state index < -0.39 is 5.41 Å². The molecule has 0 aliphatic heterocycles. The third-order valence-corrected chi connectivity index (χ3v) is 3.32. The van der Waals surface area contributed by atoms with E-state index >= 15 is 0 Å². The van der Waals surface area contributed by atoms with E-state index in [0.29, 0.717) is 6.61 Å². The van der Waals surface area contributed by atoms with Crippen molar-refractivity contribution >= 4 is 11.9 Å². The molecule has 0 radical (unpaired) electrons. The van der Waals surface area contributed by atoms with Crippen LogP contribution in [0, 0.1) is 5.41 Å². The molecule has 98 valence electrons. The Morgan fingerprint density at radius 2 is 1.88 bits per heavy atom. The van der Waals surface area contributed by atoms with Crippen molar-refractivity contribution in [2.75, 3.05) is 13.2 Å². The predicted octanol–water partition coefficient (Wildman–Crippen LogP) is 1.98. The molecule has 0 N–H and O–H groups in total. The van der Waals surface area contributed by atoms with Gasteiger partial charge in [-0.05, 0) is 26.2 Å². The molecule has 0 aromatic rings. The van der Waals surface area contributed by atoms with Crippen LogP contribution in [0.4, 0.5) is 0 Å². The normalized spacial score (nSPS) is 15.5. The fraction of sp³-hybridized carbons (Fsp3) is 0.846. The zero-order valence-corrected chi connectivity index (χ0v) is 11.3. The van der Waals surface area contributed by atoms with Gasteiger partial charge in [0.1, 0.15) is 6.54 Å². The maximum Gasteiger partial charge on any atom is 0.325 e. The van der Waals surface area contributed by atoms with Gasteiger partial charge in [0.2, 0.25) is 5.91 Å². The molecule has 1 aliphatic rings. The lowest BCUT2D eigenvalue weighted by Gasteiger charge is -2.30. The largest absolute Gasteiger partial charge is 0.465 e. The van der Waals surface area contributed by atoms with E-state index in [1.807, 2.05) is 20.8 Å². The molecule has 0 atom stereocenters. The fourth-order valence-electron chi connectivity index (χ4n) is 1.64. The summed E-state index contributed by atoms with van der Waals surface area (Å²) in [6.45, 7) is 8.08. The van der Waals surface area contributed by atoms with Gasteiger partial charge >= 0.3 is 5.97 Å². The van der Waals surface area contributed by atoms with Gasteiger partial charge in [-0.15, -0.1) is 0 Å². The molecule has 0 aromatic heterocycles. The molecule has 17 heavy (non-hydrogen) atoms. The van der Waals surface area contributed by atoms with Crippen molar-refractivity contribution < 1.29 is 14.3 Å². The number of ether oxygens (including phenoxy) is 1. The zero-order valence-electron chi connectivity index (χ0n) is 11.3. The second kappa shape index (κ2) is 5.52. The lowest BCUT2D eigenvalue weighted by molar-refractivity contribution is -0.152. The number of amides is 1. The highest BCUT2D eigenvalue weighted by Gasteiger charge is 2.39. The van der Waals surface area contributed by atoms with Crippen molar-refractivity contribution in [3.8, 4) is 0 Å². The highest BCUT2D eigenvalue weighted by atomic mass is 16.5. The molecular weight excluding hydrogens is 218 g/mol. The summed E-state index contributed by atoms with van der Waals surface area (Å²) in [5.41, 5.74) is -0.394. The first kappa shape index (κ1) is 14.0. The SMILES string of the molecule is CCOC(=O)CN(C(=O)C(C)(C)CC)C1CC1. The van der Waals surface area contributed by atoms with E-state index in [9.17, 15) is 9.59 Å². The predicted molar refractivity (Wildman–Crippen MR) is 65.4 cm³/mol. The lowest BCUT2D eigenvalue weighted by Crippen LogP contribution is -2.45. The molecule has 0 unspecified atom stereocenters. The average molecular weight is 241 g/mol. The minimum atomic E-state index is -0.394. The van der Waals surface area contributed by atoms with Gasteiger partial charge in [-0.25, -0.2) is 0 Å². The van der Waals surface area contributed by atoms with Crippen LogP contribution in [-0.4, -0.2) is 36.0 Å². The Morgan fingerprint density at radius 1 is 1.29 bits per heavy atom. The Labute approximate surface area is 103 Å². The standard InChI is InChI=1S/C13H23NO3/c1-5-13(3,4)12(16)14(10-7-8-10)9-11(15)17-6-2/h10H,5-9H2,1-4H3. The molecule has 0 spiro atoms. The molecule has 1 aliphatic carbocycles. The maximum absolute atomic E-state index is 12.3. The van der Waals surface area contributed by atoms with Crippen LogP contribution in [0.15, 0.2) is 0 Å². The molecule has 0 heterocycles. The van der Waals surface area contributed by atoms with E-state index in [2.05, 4.69) is 0 Å². The smallest absolute Gasteiger partial charge is 0.325 e. The lowest BCUT2D eigenvalue weighted by atomic mass is 9.88. The number of carbonyl (C=O) groups is 2. The first-order valence-electron chi connectivity index (χ1n) is 6.39. The zero-order chi connectivity index (χ0) is 13.1. The second-order valence-electron chi connectivity index (χ2n) is 5.21. The van der Waals surface area contributed by atoms with Crippen molar-refractivity contribution in [2.24, 2.45) is 5.41 Å². The van der Waals surface area contributed by atoms with Crippen molar-refractivity contribution in [1.29, 1.82) is 0 Å². The number of hydrogen-bond acceptors (Lipinski definition) is 3. The second-order valence-corrected chi connectivity index (χ2v) is 5.21. The van der Waals surface area contributed by atoms with Crippen LogP contribution in [0.1, 0.15) is 47.0 Å². The Morgan fingerprint density at radius 3 is 2.29 bits per heavy atom. The van der Waals surface area contributed by atoms with E-state index in [-0.39, 0.29) is 24.5 Å². The molecular formula is C13H23NO3. The molecule has 1 rings (SSSR count). The molecule has 1 saturated carbocycles. The quantitative estimate of drug-likeness (QED) is 0.668. The highest BCUT2D eigenvalue weighted by molar-refractivity contribution is 5.86. The van der Waals surface area contributed by atoms with Gasteiger partial charge in [-0.3, -0.25) is 9.59 Å². The van der Waals surface area contributed by atoms with Crippen molar-refractivity contribution in [3.63, 3.8) is 0 Å². The van der Waals surface area contributed by atoms with Gasteiger partial charge in [0, 0.05) is 11.5 Å². The molecule has 0 saturated heterocycles. The summed E-state index contributed by atoms with van der Waals surface area (Å²) in [4.78, 5) is 25.5. The Hall–Kier alpha value is -1.06. The van der Waals surface area contributed by atoms with Gasteiger partial charge in [0.25, 0.3) is 0 Å². The summed E-state index contributed by atoms with van der Waals surface area (Å²) in [7, 11) is 0. The topological polar surface area (TPSA) is 46.6 Å². The highest BCUT2D eigenvalue weighted by Crippen LogP contribution is 2.32. The van der Waals surface area contributed by atoms with Gasteiger partial charge in [-0.2, -0.15) is 0 Å². The average Bonchev–Trinajstić information content (AvgIpc) is 3.09. The molecule has 0 bridgehead atoms. The minimum absolute atomic E-state index is 0.0653. The summed E-state index contributed by atoms with van der Waals surface area (Å²) in [5, 5.41) is 0. The summed E-state index contributed by atoms with van der Waals surface area (Å²) >= 11 is 0. The summed E-state index contributed by atoms with van der Waals surface area (Å²) in [6.07, 6.45) is 2.79. The number of esters is 1. The minimum Gasteiger partial charge on any atom is -0.465 e. The Bertz CT molecular complexity index is 295. The van der Waals surface area contributed by atoms with E-state index in [0.717, 1.165) is 19.3 Å². The Kier molecular flexibility index (Phi) is 4.54. The van der Waals surface area contributed by atoms with Crippen molar-refractivity contribution in [2.45, 2.75) is 53.0 Å². The van der Waals surface area contributed by atoms with Gasteiger partial charge in [0.05, 0.1) is 6.61 Å². The van der Waals surface area contributed by atoms with E-state index in [1.165, 1.54) is 0 Å². The van der Waals surface area contributed by atoms with Crippen molar-refractivity contribution in [3.05, 3.63) is 0 Å². The number of carbonyl (C=O) groups excluding carboxylic acids is 2. The molecule has 4 heteroatoms. The molecule has 0 aromatic carbocycles. The van der Waals surface area contributed by atoms with Crippen LogP contribution in [0.5, 0.6) is 0 Å². The number of nitrogens with zero attached hydrogens (tertiary/aromatic N) is 1. The monoisotopic (exact) mass is 241 g/mol. The molecule has 1 fully saturated rings. The van der Waals surface area contributed by atoms with Crippen LogP contribution >= 0.6 is 0 Å². The van der Waals surface area contributed by atoms with Crippen molar-refractivity contribution in [1.82, 2.24) is 4.90 Å². The Balaban J connectivity index is 2.66. The van der Waals surface area contributed by atoms with Gasteiger partial charge in [-0.1, -0.05) is 20.8 Å². The van der Waals surface area contributed by atoms with Gasteiger partial charge in [0.15, 0.2) is 0 Å². The maximum atomic E-state index is 12.3. The number of rotatable bonds is 6. The van der Waals surface area contributed by atoms with Crippen LogP contribution in [0.25, 0.3) is 0 Å². The molecule has 1 amide bonds. The van der Waals surface area contributed by atoms with Gasteiger partial charge < -0.3 is 9.64 Å². The first-order chi connectivity index (χ1) is 7.92. The van der Waals surface area contributed by atoms with Crippen LogP contribution in [0.3, 0.4) is 0 Å². The summed E-state index contributed by atoms with van der Waals surface area (Å²) < 4.78 is 4.91. The van der Waals surface area contributed by atoms with E-state index in [4.69, 9.17) is 4.74 Å². The van der Waals surface area contributed by atoms with Crippen LogP contribution in [0.2, 0.25) is 0 Å². The molecule has 4 nitrogen and oxygen atoms in total. The summed E-state index contributed by atoms with van der Waals surface area (Å²) in [5.74, 6) is -0.241. The number of hydrogen-bond donors (Lipinski definition) is 0. The third kappa shape index (κ3) is 3.72. The van der Waals surface area contributed by atoms with E-state index in [1.54, 1.807) is 11.8 Å². The fourth-order valence-corrected chi connectivity index (χ4v) is 1.64. The first-order valence-corrected chi connectivity index (χ1v) is 6.39. The summed E-state index contributed by atoms with van der Waals surface area (Å²) in [6, 6.07) is 0.248. The van der Waals surface area contributed by atoms with Crippen LogP contribution < -0.4 is 0 Å². The third-order valence-electron chi connectivity index (χ3n) is 3.32. The van der Waals surface area contributed by atoms with Crippen LogP contribution in [-0.2, 0) is 14.3 Å².